The van der Waals surface area contributed by atoms with Crippen LogP contribution in [0.4, 0.5) is 8.78 Å². The topological polar surface area (TPSA) is 41.6 Å². The highest BCUT2D eigenvalue weighted by Gasteiger charge is 2.31. The molecule has 1 unspecified atom stereocenters. The van der Waals surface area contributed by atoms with Crippen molar-refractivity contribution in [1.29, 1.82) is 0 Å². The number of rotatable bonds is 7. The van der Waals surface area contributed by atoms with Crippen molar-refractivity contribution in [3.63, 3.8) is 0 Å². The minimum absolute atomic E-state index is 0.0442. The maximum Gasteiger partial charge on any atom is 0.264 e. The van der Waals surface area contributed by atoms with E-state index < -0.39 is 11.7 Å². The highest BCUT2D eigenvalue weighted by atomic mass is 32.2. The third-order valence-corrected chi connectivity index (χ3v) is 6.40. The van der Waals surface area contributed by atoms with Gasteiger partial charge in [0.1, 0.15) is 23.5 Å². The van der Waals surface area contributed by atoms with Crippen LogP contribution in [-0.2, 0) is 6.54 Å². The number of hydrogen-bond acceptors (Lipinski definition) is 4. The van der Waals surface area contributed by atoms with E-state index in [4.69, 9.17) is 4.74 Å². The summed E-state index contributed by atoms with van der Waals surface area (Å²) in [6.07, 6.45) is 5.65. The average Bonchev–Trinajstić information content (AvgIpc) is 3.56. The average molecular weight is 447 g/mol. The maximum atomic E-state index is 14.7. The van der Waals surface area contributed by atoms with E-state index in [1.807, 2.05) is 13.0 Å². The van der Waals surface area contributed by atoms with Crippen LogP contribution in [0.3, 0.4) is 0 Å². The Kier molecular flexibility index (Phi) is 6.82. The van der Waals surface area contributed by atoms with E-state index in [9.17, 15) is 13.6 Å². The lowest BCUT2D eigenvalue weighted by Gasteiger charge is -2.33. The molecule has 2 aromatic carbocycles. The van der Waals surface area contributed by atoms with Gasteiger partial charge in [-0.25, -0.2) is 8.78 Å². The van der Waals surface area contributed by atoms with Gasteiger partial charge in [-0.3, -0.25) is 14.4 Å². The van der Waals surface area contributed by atoms with Crippen molar-refractivity contribution < 1.29 is 18.3 Å². The molecule has 1 saturated heterocycles. The van der Waals surface area contributed by atoms with Crippen molar-refractivity contribution in [2.24, 2.45) is 0 Å². The molecule has 1 amide bonds. The SMILES string of the molecule is CSNC(=O)c1cc(C2CC2)c(OC2CCCN(Cc3ccc(F)cc3C)C2)cc1F. The smallest absolute Gasteiger partial charge is 0.264 e. The summed E-state index contributed by atoms with van der Waals surface area (Å²) in [7, 11) is 0. The number of ether oxygens (including phenoxy) is 1. The summed E-state index contributed by atoms with van der Waals surface area (Å²) in [5.74, 6) is -0.300. The Hall–Kier alpha value is -2.12. The van der Waals surface area contributed by atoms with Crippen molar-refractivity contribution in [3.05, 3.63) is 64.2 Å². The molecular formula is C24H28F2N2O2S. The predicted molar refractivity (Wildman–Crippen MR) is 119 cm³/mol. The highest BCUT2D eigenvalue weighted by molar-refractivity contribution is 7.97. The first-order valence-corrected chi connectivity index (χ1v) is 12.0. The first kappa shape index (κ1) is 22.1. The van der Waals surface area contributed by atoms with Crippen LogP contribution in [0.25, 0.3) is 0 Å². The fraction of sp³-hybridized carbons (Fsp3) is 0.458. The number of aryl methyl sites for hydroxylation is 1. The molecule has 0 radical (unpaired) electrons. The van der Waals surface area contributed by atoms with E-state index in [0.717, 1.165) is 74.0 Å². The van der Waals surface area contributed by atoms with E-state index >= 15 is 0 Å². The van der Waals surface area contributed by atoms with E-state index in [2.05, 4.69) is 9.62 Å². The quantitative estimate of drug-likeness (QED) is 0.594. The third kappa shape index (κ3) is 5.39. The number of nitrogens with zero attached hydrogens (tertiary/aromatic N) is 1. The molecule has 31 heavy (non-hydrogen) atoms. The predicted octanol–water partition coefficient (Wildman–Crippen LogP) is 5.20. The minimum Gasteiger partial charge on any atom is -0.489 e. The molecule has 1 aliphatic heterocycles. The third-order valence-electron chi connectivity index (χ3n) is 6.01. The number of likely N-dealkylation sites (tertiary alicyclic amines) is 1. The van der Waals surface area contributed by atoms with E-state index in [0.29, 0.717) is 11.7 Å². The van der Waals surface area contributed by atoms with Crippen molar-refractivity contribution >= 4 is 17.9 Å². The molecule has 1 aliphatic carbocycles. The van der Waals surface area contributed by atoms with Crippen LogP contribution in [0.15, 0.2) is 30.3 Å². The lowest BCUT2D eigenvalue weighted by atomic mass is 10.0. The van der Waals surface area contributed by atoms with Crippen LogP contribution >= 0.6 is 11.9 Å². The Morgan fingerprint density at radius 3 is 2.74 bits per heavy atom. The van der Waals surface area contributed by atoms with E-state index in [1.165, 1.54) is 12.1 Å². The molecule has 166 valence electrons. The van der Waals surface area contributed by atoms with E-state index in [-0.39, 0.29) is 17.5 Å². The zero-order chi connectivity index (χ0) is 22.0. The summed E-state index contributed by atoms with van der Waals surface area (Å²) in [4.78, 5) is 14.5. The number of nitrogens with one attached hydrogen (secondary N) is 1. The zero-order valence-electron chi connectivity index (χ0n) is 17.9. The molecule has 1 saturated carbocycles. The number of piperidine rings is 1. The van der Waals surface area contributed by atoms with Gasteiger partial charge in [-0.15, -0.1) is 0 Å². The summed E-state index contributed by atoms with van der Waals surface area (Å²) in [5, 5.41) is 0. The number of halogens is 2. The lowest BCUT2D eigenvalue weighted by molar-refractivity contribution is 0.0831. The Labute approximate surface area is 186 Å². The van der Waals surface area contributed by atoms with Crippen LogP contribution in [0.1, 0.15) is 58.6 Å². The van der Waals surface area contributed by atoms with Crippen molar-refractivity contribution in [2.45, 2.75) is 51.2 Å². The number of benzene rings is 2. The Balaban J connectivity index is 1.48. The van der Waals surface area contributed by atoms with Gasteiger partial charge in [0.2, 0.25) is 0 Å². The second kappa shape index (κ2) is 9.57. The Bertz CT molecular complexity index is 965. The minimum atomic E-state index is -0.555. The Morgan fingerprint density at radius 1 is 1.23 bits per heavy atom. The molecule has 2 fully saturated rings. The first-order chi connectivity index (χ1) is 14.9. The second-order valence-corrected chi connectivity index (χ2v) is 9.08. The van der Waals surface area contributed by atoms with Gasteiger partial charge in [-0.2, -0.15) is 0 Å². The van der Waals surface area contributed by atoms with Crippen LogP contribution < -0.4 is 9.46 Å². The molecule has 0 bridgehead atoms. The molecule has 2 aliphatic rings. The maximum absolute atomic E-state index is 14.7. The van der Waals surface area contributed by atoms with Crippen LogP contribution in [0.2, 0.25) is 0 Å². The highest BCUT2D eigenvalue weighted by Crippen LogP contribution is 2.45. The van der Waals surface area contributed by atoms with Gasteiger partial charge in [0.15, 0.2) is 0 Å². The summed E-state index contributed by atoms with van der Waals surface area (Å²) in [6, 6.07) is 7.95. The van der Waals surface area contributed by atoms with Gasteiger partial charge in [-0.05, 0) is 80.0 Å². The van der Waals surface area contributed by atoms with E-state index in [1.54, 1.807) is 18.4 Å². The lowest BCUT2D eigenvalue weighted by Crippen LogP contribution is -2.40. The van der Waals surface area contributed by atoms with Crippen molar-refractivity contribution in [2.75, 3.05) is 19.3 Å². The van der Waals surface area contributed by atoms with Crippen LogP contribution in [0.5, 0.6) is 5.75 Å². The molecule has 1 heterocycles. The standard InChI is InChI=1S/C24H28F2N2O2S/c1-15-10-18(25)8-7-17(15)13-28-9-3-4-19(14-28)30-23-12-22(26)21(24(29)27-31-2)11-20(23)16-5-6-16/h7-8,10-12,16,19H,3-6,9,13-14H2,1-2H3,(H,27,29). The molecule has 7 heteroatoms. The number of amides is 1. The fourth-order valence-corrected chi connectivity index (χ4v) is 4.51. The van der Waals surface area contributed by atoms with Gasteiger partial charge in [0.25, 0.3) is 5.91 Å². The molecule has 1 N–H and O–H groups in total. The monoisotopic (exact) mass is 446 g/mol. The van der Waals surface area contributed by atoms with Gasteiger partial charge in [0, 0.05) is 25.4 Å². The van der Waals surface area contributed by atoms with Gasteiger partial charge >= 0.3 is 0 Å². The van der Waals surface area contributed by atoms with Gasteiger partial charge in [-0.1, -0.05) is 18.0 Å². The molecule has 0 aromatic heterocycles. The molecule has 4 nitrogen and oxygen atoms in total. The zero-order valence-corrected chi connectivity index (χ0v) is 18.7. The summed E-state index contributed by atoms with van der Waals surface area (Å²) < 4.78 is 37.0. The molecule has 1 atom stereocenters. The molecule has 0 spiro atoms. The second-order valence-electron chi connectivity index (χ2n) is 8.47. The molecular weight excluding hydrogens is 418 g/mol. The number of carbonyl (C=O) groups excluding carboxylic acids is 1. The van der Waals surface area contributed by atoms with Crippen LogP contribution in [-0.4, -0.2) is 36.3 Å². The summed E-state index contributed by atoms with van der Waals surface area (Å²) >= 11 is 1.15. The van der Waals surface area contributed by atoms with Crippen LogP contribution in [0, 0.1) is 18.6 Å². The molecule has 2 aromatic rings. The Morgan fingerprint density at radius 2 is 2.03 bits per heavy atom. The first-order valence-electron chi connectivity index (χ1n) is 10.8. The number of hydrogen-bond donors (Lipinski definition) is 1. The van der Waals surface area contributed by atoms with Crippen molar-refractivity contribution in [1.82, 2.24) is 9.62 Å². The van der Waals surface area contributed by atoms with Gasteiger partial charge in [0.05, 0.1) is 5.56 Å². The summed E-state index contributed by atoms with van der Waals surface area (Å²) in [5.41, 5.74) is 3.05. The fourth-order valence-electron chi connectivity index (χ4n) is 4.22. The molecule has 4 rings (SSSR count). The largest absolute Gasteiger partial charge is 0.489 e. The normalized spacial score (nSPS) is 19.3. The van der Waals surface area contributed by atoms with Crippen molar-refractivity contribution in [3.8, 4) is 5.75 Å². The summed E-state index contributed by atoms with van der Waals surface area (Å²) in [6.45, 7) is 4.35. The van der Waals surface area contributed by atoms with Gasteiger partial charge < -0.3 is 4.74 Å². The number of carbonyl (C=O) groups is 1.